The van der Waals surface area contributed by atoms with Gasteiger partial charge in [-0.3, -0.25) is 4.79 Å². The lowest BCUT2D eigenvalue weighted by Crippen LogP contribution is -2.45. The Balaban J connectivity index is 1.61. The van der Waals surface area contributed by atoms with Crippen molar-refractivity contribution >= 4 is 5.91 Å². The minimum atomic E-state index is 0.0268. The summed E-state index contributed by atoms with van der Waals surface area (Å²) in [5.41, 5.74) is 0.738. The molecule has 1 N–H and O–H groups in total. The molecule has 4 heteroatoms. The van der Waals surface area contributed by atoms with Gasteiger partial charge in [0.2, 0.25) is 0 Å². The van der Waals surface area contributed by atoms with Crippen molar-refractivity contribution in [1.29, 1.82) is 0 Å². The molecule has 1 heterocycles. The Hall–Kier alpha value is -1.39. The van der Waals surface area contributed by atoms with Gasteiger partial charge in [0.25, 0.3) is 5.91 Å². The fourth-order valence-corrected chi connectivity index (χ4v) is 2.27. The normalized spacial score (nSPS) is 17.3. The number of likely N-dealkylation sites (N-methyl/N-ethyl adjacent to an activating group) is 1. The van der Waals surface area contributed by atoms with E-state index in [0.717, 1.165) is 51.3 Å². The third-order valence-electron chi connectivity index (χ3n) is 3.57. The molecule has 0 saturated carbocycles. The molecule has 0 aromatic heterocycles. The number of rotatable bonds is 5. The molecule has 0 spiro atoms. The monoisotopic (exact) mass is 261 g/mol. The third kappa shape index (κ3) is 4.65. The topological polar surface area (TPSA) is 35.6 Å². The highest BCUT2D eigenvalue weighted by molar-refractivity contribution is 5.94. The van der Waals surface area contributed by atoms with Crippen LogP contribution in [-0.2, 0) is 0 Å². The number of carbonyl (C=O) groups is 1. The highest BCUT2D eigenvalue weighted by Gasteiger charge is 2.12. The maximum absolute atomic E-state index is 11.8. The van der Waals surface area contributed by atoms with Gasteiger partial charge in [-0.25, -0.2) is 0 Å². The fourth-order valence-electron chi connectivity index (χ4n) is 2.27. The first-order valence-corrected chi connectivity index (χ1v) is 7.00. The summed E-state index contributed by atoms with van der Waals surface area (Å²) in [4.78, 5) is 16.6. The average molecular weight is 261 g/mol. The van der Waals surface area contributed by atoms with Crippen LogP contribution >= 0.6 is 0 Å². The Bertz CT molecular complexity index is 386. The van der Waals surface area contributed by atoms with Crippen molar-refractivity contribution in [3.05, 3.63) is 35.9 Å². The molecule has 2 rings (SSSR count). The SMILES string of the molecule is CN1CCN(CCCNC(=O)c2ccccc2)CC1. The first-order chi connectivity index (χ1) is 9.25. The quantitative estimate of drug-likeness (QED) is 0.805. The predicted molar refractivity (Wildman–Crippen MR) is 77.3 cm³/mol. The van der Waals surface area contributed by atoms with Crippen molar-refractivity contribution in [2.75, 3.05) is 46.3 Å². The van der Waals surface area contributed by atoms with Crippen LogP contribution < -0.4 is 5.32 Å². The van der Waals surface area contributed by atoms with E-state index >= 15 is 0 Å². The van der Waals surface area contributed by atoms with Gasteiger partial charge in [0.1, 0.15) is 0 Å². The summed E-state index contributed by atoms with van der Waals surface area (Å²) in [7, 11) is 2.16. The zero-order valence-electron chi connectivity index (χ0n) is 11.6. The van der Waals surface area contributed by atoms with E-state index in [1.165, 1.54) is 0 Å². The molecule has 0 unspecified atom stereocenters. The summed E-state index contributed by atoms with van der Waals surface area (Å²) in [5, 5.41) is 2.97. The molecule has 1 aromatic rings. The summed E-state index contributed by atoms with van der Waals surface area (Å²) in [6, 6.07) is 9.38. The van der Waals surface area contributed by atoms with Gasteiger partial charge >= 0.3 is 0 Å². The van der Waals surface area contributed by atoms with Crippen molar-refractivity contribution in [3.8, 4) is 0 Å². The van der Waals surface area contributed by atoms with Gasteiger partial charge in [-0.1, -0.05) is 18.2 Å². The molecule has 104 valence electrons. The lowest BCUT2D eigenvalue weighted by Gasteiger charge is -2.32. The highest BCUT2D eigenvalue weighted by atomic mass is 16.1. The first-order valence-electron chi connectivity index (χ1n) is 7.00. The number of nitrogens with one attached hydrogen (secondary N) is 1. The van der Waals surface area contributed by atoms with Crippen molar-refractivity contribution in [2.24, 2.45) is 0 Å². The van der Waals surface area contributed by atoms with E-state index in [1.807, 2.05) is 30.3 Å². The molecule has 0 atom stereocenters. The summed E-state index contributed by atoms with van der Waals surface area (Å²) < 4.78 is 0. The smallest absolute Gasteiger partial charge is 0.251 e. The Morgan fingerprint density at radius 3 is 2.53 bits per heavy atom. The molecule has 0 radical (unpaired) electrons. The minimum Gasteiger partial charge on any atom is -0.352 e. The van der Waals surface area contributed by atoms with Gasteiger partial charge in [-0.15, -0.1) is 0 Å². The zero-order valence-corrected chi connectivity index (χ0v) is 11.6. The average Bonchev–Trinajstić information content (AvgIpc) is 2.46. The zero-order chi connectivity index (χ0) is 13.5. The van der Waals surface area contributed by atoms with E-state index in [-0.39, 0.29) is 5.91 Å². The molecular weight excluding hydrogens is 238 g/mol. The van der Waals surface area contributed by atoms with E-state index in [4.69, 9.17) is 0 Å². The van der Waals surface area contributed by atoms with E-state index in [1.54, 1.807) is 0 Å². The fraction of sp³-hybridized carbons (Fsp3) is 0.533. The van der Waals surface area contributed by atoms with Crippen molar-refractivity contribution in [2.45, 2.75) is 6.42 Å². The van der Waals surface area contributed by atoms with Crippen LogP contribution in [0.4, 0.5) is 0 Å². The van der Waals surface area contributed by atoms with Gasteiger partial charge in [0, 0.05) is 38.3 Å². The maximum Gasteiger partial charge on any atom is 0.251 e. The number of amides is 1. The third-order valence-corrected chi connectivity index (χ3v) is 3.57. The summed E-state index contributed by atoms with van der Waals surface area (Å²) in [6.45, 7) is 6.40. The summed E-state index contributed by atoms with van der Waals surface area (Å²) >= 11 is 0. The molecule has 1 fully saturated rings. The number of hydrogen-bond donors (Lipinski definition) is 1. The molecule has 4 nitrogen and oxygen atoms in total. The van der Waals surface area contributed by atoms with E-state index in [9.17, 15) is 4.79 Å². The molecule has 19 heavy (non-hydrogen) atoms. The van der Waals surface area contributed by atoms with E-state index in [0.29, 0.717) is 0 Å². The van der Waals surface area contributed by atoms with Crippen LogP contribution in [0.25, 0.3) is 0 Å². The summed E-state index contributed by atoms with van der Waals surface area (Å²) in [5.74, 6) is 0.0268. The second-order valence-corrected chi connectivity index (χ2v) is 5.12. The van der Waals surface area contributed by atoms with Crippen molar-refractivity contribution < 1.29 is 4.79 Å². The molecule has 0 bridgehead atoms. The Kier molecular flexibility index (Phi) is 5.36. The molecule has 1 aromatic carbocycles. The lowest BCUT2D eigenvalue weighted by molar-refractivity contribution is 0.0949. The molecule has 1 aliphatic rings. The molecular formula is C15H23N3O. The second kappa shape index (κ2) is 7.26. The van der Waals surface area contributed by atoms with Gasteiger partial charge in [-0.2, -0.15) is 0 Å². The Morgan fingerprint density at radius 1 is 1.16 bits per heavy atom. The number of piperazine rings is 1. The van der Waals surface area contributed by atoms with Crippen LogP contribution in [-0.4, -0.2) is 62.0 Å². The second-order valence-electron chi connectivity index (χ2n) is 5.12. The van der Waals surface area contributed by atoms with Gasteiger partial charge in [0.15, 0.2) is 0 Å². The van der Waals surface area contributed by atoms with E-state index < -0.39 is 0 Å². The van der Waals surface area contributed by atoms with Crippen molar-refractivity contribution in [3.63, 3.8) is 0 Å². The Morgan fingerprint density at radius 2 is 1.84 bits per heavy atom. The summed E-state index contributed by atoms with van der Waals surface area (Å²) in [6.07, 6.45) is 1.02. The number of hydrogen-bond acceptors (Lipinski definition) is 3. The number of carbonyl (C=O) groups excluding carboxylic acids is 1. The lowest BCUT2D eigenvalue weighted by atomic mass is 10.2. The van der Waals surface area contributed by atoms with Crippen LogP contribution in [0.2, 0.25) is 0 Å². The molecule has 0 aliphatic carbocycles. The van der Waals surface area contributed by atoms with Crippen LogP contribution in [0.3, 0.4) is 0 Å². The highest BCUT2D eigenvalue weighted by Crippen LogP contribution is 2.00. The largest absolute Gasteiger partial charge is 0.352 e. The van der Waals surface area contributed by atoms with Crippen LogP contribution in [0, 0.1) is 0 Å². The Labute approximate surface area is 115 Å². The standard InChI is InChI=1S/C15H23N3O/c1-17-10-12-18(13-11-17)9-5-8-16-15(19)14-6-3-2-4-7-14/h2-4,6-7H,5,8-13H2,1H3,(H,16,19). The van der Waals surface area contributed by atoms with Gasteiger partial charge in [0.05, 0.1) is 0 Å². The van der Waals surface area contributed by atoms with E-state index in [2.05, 4.69) is 22.2 Å². The number of nitrogens with zero attached hydrogens (tertiary/aromatic N) is 2. The van der Waals surface area contributed by atoms with Gasteiger partial charge < -0.3 is 15.1 Å². The molecule has 1 amide bonds. The van der Waals surface area contributed by atoms with Crippen LogP contribution in [0.5, 0.6) is 0 Å². The molecule has 1 saturated heterocycles. The minimum absolute atomic E-state index is 0.0268. The predicted octanol–water partition coefficient (Wildman–Crippen LogP) is 1.05. The van der Waals surface area contributed by atoms with Gasteiger partial charge in [-0.05, 0) is 32.1 Å². The van der Waals surface area contributed by atoms with Crippen LogP contribution in [0.1, 0.15) is 16.8 Å². The first kappa shape index (κ1) is 14.0. The van der Waals surface area contributed by atoms with Crippen molar-refractivity contribution in [1.82, 2.24) is 15.1 Å². The molecule has 1 aliphatic heterocycles. The van der Waals surface area contributed by atoms with Crippen LogP contribution in [0.15, 0.2) is 30.3 Å². The maximum atomic E-state index is 11.8. The number of benzene rings is 1.